The number of aryl methyl sites for hydroxylation is 1. The third-order valence-corrected chi connectivity index (χ3v) is 7.58. The Morgan fingerprint density at radius 3 is 2.52 bits per heavy atom. The molecule has 0 bridgehead atoms. The molecule has 0 spiro atoms. The Labute approximate surface area is 204 Å². The third kappa shape index (κ3) is 6.45. The number of esters is 1. The molecule has 1 atom stereocenters. The number of unbranched alkanes of at least 4 members (excludes halogenated alkanes) is 1. The number of thioether (sulfide) groups is 1. The van der Waals surface area contributed by atoms with Gasteiger partial charge in [0.2, 0.25) is 0 Å². The summed E-state index contributed by atoms with van der Waals surface area (Å²) in [7, 11) is 0. The molecule has 0 fully saturated rings. The molecule has 3 heteroatoms. The van der Waals surface area contributed by atoms with E-state index in [0.29, 0.717) is 6.61 Å². The number of hydrogen-bond acceptors (Lipinski definition) is 3. The third-order valence-electron chi connectivity index (χ3n) is 6.52. The SMILES string of the molecule is CCCCc1cc2c(cc1C#Cc1ccc(C(CCC)C(=O)OCC)cc1)C(C)(C)CCS2. The first kappa shape index (κ1) is 25.4. The number of benzene rings is 2. The van der Waals surface area contributed by atoms with Gasteiger partial charge in [-0.25, -0.2) is 0 Å². The van der Waals surface area contributed by atoms with Crippen molar-refractivity contribution in [3.63, 3.8) is 0 Å². The van der Waals surface area contributed by atoms with Crippen LogP contribution < -0.4 is 0 Å². The number of carbonyl (C=O) groups excluding carboxylic acids is 1. The predicted octanol–water partition coefficient (Wildman–Crippen LogP) is 7.65. The molecule has 1 aliphatic heterocycles. The highest BCUT2D eigenvalue weighted by molar-refractivity contribution is 7.99. The molecule has 1 unspecified atom stereocenters. The maximum absolute atomic E-state index is 12.4. The Hall–Kier alpha value is -2.18. The van der Waals surface area contributed by atoms with Crippen molar-refractivity contribution in [1.29, 1.82) is 0 Å². The minimum absolute atomic E-state index is 0.131. The van der Waals surface area contributed by atoms with E-state index >= 15 is 0 Å². The van der Waals surface area contributed by atoms with Crippen LogP contribution in [0.1, 0.15) is 100 Å². The molecular weight excluding hydrogens is 424 g/mol. The van der Waals surface area contributed by atoms with Crippen molar-refractivity contribution in [2.45, 2.75) is 89.4 Å². The van der Waals surface area contributed by atoms with E-state index in [4.69, 9.17) is 4.74 Å². The number of ether oxygens (including phenoxy) is 1. The second-order valence-electron chi connectivity index (χ2n) is 9.56. The van der Waals surface area contributed by atoms with E-state index in [1.165, 1.54) is 41.0 Å². The van der Waals surface area contributed by atoms with Gasteiger partial charge in [-0.1, -0.05) is 64.5 Å². The Morgan fingerprint density at radius 1 is 1.09 bits per heavy atom. The minimum Gasteiger partial charge on any atom is -0.466 e. The number of carbonyl (C=O) groups is 1. The van der Waals surface area contributed by atoms with Crippen LogP contribution in [0.25, 0.3) is 0 Å². The minimum atomic E-state index is -0.196. The zero-order valence-electron chi connectivity index (χ0n) is 20.9. The summed E-state index contributed by atoms with van der Waals surface area (Å²) < 4.78 is 5.29. The van der Waals surface area contributed by atoms with E-state index in [-0.39, 0.29) is 17.3 Å². The summed E-state index contributed by atoms with van der Waals surface area (Å²) in [5, 5.41) is 0. The summed E-state index contributed by atoms with van der Waals surface area (Å²) in [6, 6.07) is 12.9. The van der Waals surface area contributed by atoms with E-state index in [0.717, 1.165) is 36.0 Å². The Bertz CT molecular complexity index is 1010. The van der Waals surface area contributed by atoms with Gasteiger partial charge in [0.1, 0.15) is 0 Å². The van der Waals surface area contributed by atoms with Crippen LogP contribution in [0, 0.1) is 11.8 Å². The van der Waals surface area contributed by atoms with Crippen LogP contribution >= 0.6 is 11.8 Å². The van der Waals surface area contributed by atoms with Gasteiger partial charge in [0.25, 0.3) is 0 Å². The molecule has 0 radical (unpaired) electrons. The molecule has 2 aromatic rings. The lowest BCUT2D eigenvalue weighted by atomic mass is 9.80. The predicted molar refractivity (Wildman–Crippen MR) is 140 cm³/mol. The summed E-state index contributed by atoms with van der Waals surface area (Å²) in [5.74, 6) is 7.75. The molecule has 0 aliphatic carbocycles. The number of rotatable bonds is 8. The normalized spacial score (nSPS) is 15.2. The molecule has 33 heavy (non-hydrogen) atoms. The summed E-state index contributed by atoms with van der Waals surface area (Å²) >= 11 is 1.99. The topological polar surface area (TPSA) is 26.3 Å². The van der Waals surface area contributed by atoms with Gasteiger partial charge < -0.3 is 4.74 Å². The zero-order chi connectivity index (χ0) is 23.8. The van der Waals surface area contributed by atoms with Crippen LogP contribution in [0.2, 0.25) is 0 Å². The summed E-state index contributed by atoms with van der Waals surface area (Å²) in [6.45, 7) is 11.3. The van der Waals surface area contributed by atoms with E-state index in [1.807, 2.05) is 43.0 Å². The monoisotopic (exact) mass is 462 g/mol. The van der Waals surface area contributed by atoms with Crippen molar-refractivity contribution in [1.82, 2.24) is 0 Å². The van der Waals surface area contributed by atoms with Crippen molar-refractivity contribution < 1.29 is 9.53 Å². The van der Waals surface area contributed by atoms with E-state index in [2.05, 4.69) is 51.7 Å². The molecule has 1 heterocycles. The molecule has 1 aliphatic rings. The molecule has 2 aromatic carbocycles. The molecule has 3 rings (SSSR count). The summed E-state index contributed by atoms with van der Waals surface area (Å²) in [5.41, 5.74) is 6.16. The maximum Gasteiger partial charge on any atom is 0.313 e. The van der Waals surface area contributed by atoms with Gasteiger partial charge in [-0.3, -0.25) is 4.79 Å². The molecule has 2 nitrogen and oxygen atoms in total. The van der Waals surface area contributed by atoms with Gasteiger partial charge in [0.15, 0.2) is 0 Å². The van der Waals surface area contributed by atoms with Gasteiger partial charge >= 0.3 is 5.97 Å². The fraction of sp³-hybridized carbons (Fsp3) is 0.500. The molecular formula is C30H38O2S. The lowest BCUT2D eigenvalue weighted by molar-refractivity contribution is -0.145. The Morgan fingerprint density at radius 2 is 1.85 bits per heavy atom. The molecule has 0 N–H and O–H groups in total. The first-order valence-electron chi connectivity index (χ1n) is 12.5. The van der Waals surface area contributed by atoms with Crippen molar-refractivity contribution in [3.8, 4) is 11.8 Å². The van der Waals surface area contributed by atoms with Gasteiger partial charge in [0.05, 0.1) is 12.5 Å². The van der Waals surface area contributed by atoms with Crippen LogP contribution in [0.5, 0.6) is 0 Å². The van der Waals surface area contributed by atoms with Crippen LogP contribution in [0.15, 0.2) is 41.3 Å². The largest absolute Gasteiger partial charge is 0.466 e. The first-order valence-corrected chi connectivity index (χ1v) is 13.5. The van der Waals surface area contributed by atoms with Gasteiger partial charge in [-0.15, -0.1) is 11.8 Å². The van der Waals surface area contributed by atoms with Gasteiger partial charge in [-0.05, 0) is 84.7 Å². The van der Waals surface area contributed by atoms with Crippen molar-refractivity contribution >= 4 is 17.7 Å². The number of fused-ring (bicyclic) bond motifs is 1. The molecule has 176 valence electrons. The van der Waals surface area contributed by atoms with E-state index < -0.39 is 0 Å². The standard InChI is InChI=1S/C30H38O2S/c1-6-9-11-24-21-28-27(30(4,5)18-19-33-28)20-25(24)17-14-22-12-15-23(16-13-22)26(10-7-2)29(31)32-8-3/h12-13,15-16,20-21,26H,6-11,18-19H2,1-5H3. The van der Waals surface area contributed by atoms with Crippen molar-refractivity contribution in [2.24, 2.45) is 0 Å². The van der Waals surface area contributed by atoms with E-state index in [9.17, 15) is 4.79 Å². The average molecular weight is 463 g/mol. The first-order chi connectivity index (χ1) is 15.9. The fourth-order valence-electron chi connectivity index (χ4n) is 4.40. The molecule has 0 amide bonds. The lowest BCUT2D eigenvalue weighted by Crippen LogP contribution is -2.23. The zero-order valence-corrected chi connectivity index (χ0v) is 21.7. The second-order valence-corrected chi connectivity index (χ2v) is 10.7. The highest BCUT2D eigenvalue weighted by atomic mass is 32.2. The highest BCUT2D eigenvalue weighted by Gasteiger charge is 2.28. The van der Waals surface area contributed by atoms with E-state index in [1.54, 1.807) is 0 Å². The highest BCUT2D eigenvalue weighted by Crippen LogP contribution is 2.42. The molecule has 0 aromatic heterocycles. The smallest absolute Gasteiger partial charge is 0.313 e. The Kier molecular flexibility index (Phi) is 9.10. The summed E-state index contributed by atoms with van der Waals surface area (Å²) in [4.78, 5) is 13.8. The van der Waals surface area contributed by atoms with Crippen LogP contribution in [0.4, 0.5) is 0 Å². The quantitative estimate of drug-likeness (QED) is 0.298. The lowest BCUT2D eigenvalue weighted by Gasteiger charge is -2.32. The van der Waals surface area contributed by atoms with Crippen molar-refractivity contribution in [3.05, 3.63) is 64.2 Å². The van der Waals surface area contributed by atoms with Crippen LogP contribution in [-0.2, 0) is 21.4 Å². The van der Waals surface area contributed by atoms with Gasteiger partial charge in [-0.2, -0.15) is 0 Å². The van der Waals surface area contributed by atoms with Crippen LogP contribution in [-0.4, -0.2) is 18.3 Å². The average Bonchev–Trinajstić information content (AvgIpc) is 2.80. The van der Waals surface area contributed by atoms with Gasteiger partial charge in [0, 0.05) is 16.0 Å². The van der Waals surface area contributed by atoms with Crippen LogP contribution in [0.3, 0.4) is 0 Å². The second kappa shape index (κ2) is 11.8. The fourth-order valence-corrected chi connectivity index (χ4v) is 5.95. The summed E-state index contributed by atoms with van der Waals surface area (Å²) in [6.07, 6.45) is 6.39. The molecule has 0 saturated carbocycles. The maximum atomic E-state index is 12.4. The number of hydrogen-bond donors (Lipinski definition) is 0. The molecule has 0 saturated heterocycles. The van der Waals surface area contributed by atoms with Crippen molar-refractivity contribution in [2.75, 3.05) is 12.4 Å². The Balaban J connectivity index is 1.90.